The molecule has 2 aromatic heterocycles. The first-order valence-electron chi connectivity index (χ1n) is 16.4. The normalized spacial score (nSPS) is 11.3. The second-order valence-corrected chi connectivity index (χ2v) is 12.2. The van der Waals surface area contributed by atoms with E-state index < -0.39 is 0 Å². The lowest BCUT2D eigenvalue weighted by atomic mass is 9.96. The first-order chi connectivity index (χ1) is 23.8. The van der Waals surface area contributed by atoms with Crippen molar-refractivity contribution in [2.75, 3.05) is 4.90 Å². The highest BCUT2D eigenvalue weighted by Gasteiger charge is 2.16. The summed E-state index contributed by atoms with van der Waals surface area (Å²) in [5, 5.41) is 3.75. The third-order valence-electron chi connectivity index (χ3n) is 9.38. The number of hydrogen-bond acceptors (Lipinski definition) is 1. The highest BCUT2D eigenvalue weighted by molar-refractivity contribution is 6.09. The van der Waals surface area contributed by atoms with Crippen molar-refractivity contribution < 1.29 is 0 Å². The summed E-state index contributed by atoms with van der Waals surface area (Å²) in [6, 6.07) is 67.4. The average molecular weight is 613 g/mol. The number of anilines is 3. The zero-order valence-corrected chi connectivity index (χ0v) is 26.4. The molecule has 0 aliphatic carbocycles. The lowest BCUT2D eigenvalue weighted by Crippen LogP contribution is -2.09. The maximum Gasteiger partial charge on any atom is 0.0547 e. The van der Waals surface area contributed by atoms with E-state index in [0.29, 0.717) is 0 Å². The molecule has 0 saturated carbocycles. The van der Waals surface area contributed by atoms with Gasteiger partial charge in [0.05, 0.1) is 11.0 Å². The standard InChI is InChI=1S/C46H32N2/c1-4-13-36(14-5-1)46-42-20-10-11-22-44(42)47-32-43-37(31-45(46)47)15-12-21-41(43)35-25-23-33(24-26-35)34-27-29-40(30-28-34)48(38-16-6-2-7-17-38)39-18-8-3-9-19-39/h1-32H. The van der Waals surface area contributed by atoms with Crippen molar-refractivity contribution in [2.45, 2.75) is 0 Å². The molecule has 0 spiro atoms. The molecule has 0 N–H and O–H groups in total. The van der Waals surface area contributed by atoms with Gasteiger partial charge in [-0.2, -0.15) is 0 Å². The highest BCUT2D eigenvalue weighted by Crippen LogP contribution is 2.39. The zero-order valence-electron chi connectivity index (χ0n) is 26.4. The molecule has 0 unspecified atom stereocenters. The molecule has 9 aromatic rings. The summed E-state index contributed by atoms with van der Waals surface area (Å²) in [5.74, 6) is 0. The average Bonchev–Trinajstić information content (AvgIpc) is 3.48. The van der Waals surface area contributed by atoms with Crippen molar-refractivity contribution >= 4 is 44.3 Å². The van der Waals surface area contributed by atoms with Crippen molar-refractivity contribution in [1.82, 2.24) is 4.40 Å². The number of nitrogens with zero attached hydrogens (tertiary/aromatic N) is 2. The van der Waals surface area contributed by atoms with Crippen LogP contribution in [0.2, 0.25) is 0 Å². The van der Waals surface area contributed by atoms with Crippen LogP contribution in [0.4, 0.5) is 17.1 Å². The van der Waals surface area contributed by atoms with Gasteiger partial charge in [0.15, 0.2) is 0 Å². The number of fused-ring (bicyclic) bond motifs is 4. The van der Waals surface area contributed by atoms with E-state index in [-0.39, 0.29) is 0 Å². The molecule has 0 aliphatic heterocycles. The van der Waals surface area contributed by atoms with E-state index in [1.807, 2.05) is 0 Å². The molecule has 0 bridgehead atoms. The Morgan fingerprint density at radius 2 is 0.896 bits per heavy atom. The largest absolute Gasteiger partial charge is 0.315 e. The summed E-state index contributed by atoms with van der Waals surface area (Å²) in [4.78, 5) is 2.29. The van der Waals surface area contributed by atoms with Crippen molar-refractivity contribution in [1.29, 1.82) is 0 Å². The van der Waals surface area contributed by atoms with Crippen molar-refractivity contribution in [3.8, 4) is 33.4 Å². The molecule has 0 radical (unpaired) electrons. The van der Waals surface area contributed by atoms with Crippen molar-refractivity contribution in [3.63, 3.8) is 0 Å². The van der Waals surface area contributed by atoms with E-state index >= 15 is 0 Å². The fourth-order valence-corrected chi connectivity index (χ4v) is 7.10. The summed E-state index contributed by atoms with van der Waals surface area (Å²) >= 11 is 0. The fraction of sp³-hybridized carbons (Fsp3) is 0. The molecule has 2 heteroatoms. The highest BCUT2D eigenvalue weighted by atomic mass is 15.1. The van der Waals surface area contributed by atoms with Gasteiger partial charge in [0, 0.05) is 39.6 Å². The number of rotatable bonds is 6. The van der Waals surface area contributed by atoms with Crippen LogP contribution in [-0.4, -0.2) is 4.40 Å². The minimum absolute atomic E-state index is 1.13. The van der Waals surface area contributed by atoms with Gasteiger partial charge in [0.1, 0.15) is 0 Å². The van der Waals surface area contributed by atoms with Crippen LogP contribution in [0.1, 0.15) is 0 Å². The minimum Gasteiger partial charge on any atom is -0.315 e. The molecule has 7 aromatic carbocycles. The molecular weight excluding hydrogens is 581 g/mol. The molecule has 2 nitrogen and oxygen atoms in total. The number of hydrogen-bond donors (Lipinski definition) is 0. The van der Waals surface area contributed by atoms with Gasteiger partial charge in [-0.05, 0) is 81.7 Å². The van der Waals surface area contributed by atoms with Crippen LogP contribution >= 0.6 is 0 Å². The van der Waals surface area contributed by atoms with Crippen LogP contribution in [0.3, 0.4) is 0 Å². The van der Waals surface area contributed by atoms with Gasteiger partial charge in [-0.3, -0.25) is 0 Å². The van der Waals surface area contributed by atoms with Crippen LogP contribution in [-0.2, 0) is 0 Å². The predicted octanol–water partition coefficient (Wildman–Crippen LogP) is 12.7. The Balaban J connectivity index is 1.08. The van der Waals surface area contributed by atoms with Gasteiger partial charge in [0.25, 0.3) is 0 Å². The number of pyridine rings is 1. The molecule has 226 valence electrons. The molecule has 0 aliphatic rings. The molecule has 0 saturated heterocycles. The van der Waals surface area contributed by atoms with Gasteiger partial charge in [0.2, 0.25) is 0 Å². The summed E-state index contributed by atoms with van der Waals surface area (Å²) in [6.45, 7) is 0. The first kappa shape index (κ1) is 27.9. The van der Waals surface area contributed by atoms with E-state index in [1.165, 1.54) is 60.6 Å². The van der Waals surface area contributed by atoms with E-state index in [4.69, 9.17) is 0 Å². The molecule has 0 fully saturated rings. The number of para-hydroxylation sites is 3. The summed E-state index contributed by atoms with van der Waals surface area (Å²) in [7, 11) is 0. The maximum absolute atomic E-state index is 2.37. The van der Waals surface area contributed by atoms with Crippen molar-refractivity contribution in [2.24, 2.45) is 0 Å². The lowest BCUT2D eigenvalue weighted by Gasteiger charge is -2.25. The Bertz CT molecular complexity index is 2470. The fourth-order valence-electron chi connectivity index (χ4n) is 7.10. The molecule has 0 atom stereocenters. The van der Waals surface area contributed by atoms with Crippen LogP contribution in [0, 0.1) is 0 Å². The van der Waals surface area contributed by atoms with Gasteiger partial charge < -0.3 is 9.30 Å². The monoisotopic (exact) mass is 612 g/mol. The third kappa shape index (κ3) is 4.83. The van der Waals surface area contributed by atoms with Crippen LogP contribution in [0.5, 0.6) is 0 Å². The summed E-state index contributed by atoms with van der Waals surface area (Å²) < 4.78 is 2.37. The molecule has 48 heavy (non-hydrogen) atoms. The van der Waals surface area contributed by atoms with E-state index in [0.717, 1.165) is 17.1 Å². The minimum atomic E-state index is 1.13. The Morgan fingerprint density at radius 3 is 1.56 bits per heavy atom. The van der Waals surface area contributed by atoms with Gasteiger partial charge in [-0.15, -0.1) is 0 Å². The molecule has 0 amide bonds. The van der Waals surface area contributed by atoms with Gasteiger partial charge in [-0.25, -0.2) is 0 Å². The molecule has 9 rings (SSSR count). The SMILES string of the molecule is c1ccc(-c2c3ccccc3n3cc4c(-c5ccc(-c6ccc(N(c7ccccc7)c7ccccc7)cc6)cc5)cccc4cc23)cc1. The summed E-state index contributed by atoms with van der Waals surface area (Å²) in [5.41, 5.74) is 13.2. The Labute approximate surface area is 280 Å². The van der Waals surface area contributed by atoms with Crippen molar-refractivity contribution in [3.05, 3.63) is 194 Å². The topological polar surface area (TPSA) is 7.65 Å². The summed E-state index contributed by atoms with van der Waals surface area (Å²) in [6.07, 6.45) is 2.33. The first-order valence-corrected chi connectivity index (χ1v) is 16.4. The van der Waals surface area contributed by atoms with E-state index in [2.05, 4.69) is 204 Å². The second kappa shape index (κ2) is 11.8. The Kier molecular flexibility index (Phi) is 6.84. The van der Waals surface area contributed by atoms with E-state index in [9.17, 15) is 0 Å². The quantitative estimate of drug-likeness (QED) is 0.181. The van der Waals surface area contributed by atoms with Crippen LogP contribution in [0.25, 0.3) is 60.6 Å². The lowest BCUT2D eigenvalue weighted by molar-refractivity contribution is 1.28. The van der Waals surface area contributed by atoms with Crippen LogP contribution < -0.4 is 4.90 Å². The molecule has 2 heterocycles. The maximum atomic E-state index is 2.37. The second-order valence-electron chi connectivity index (χ2n) is 12.2. The Morgan fingerprint density at radius 1 is 0.354 bits per heavy atom. The zero-order chi connectivity index (χ0) is 31.9. The Hall–Kier alpha value is -6.38. The third-order valence-corrected chi connectivity index (χ3v) is 9.38. The number of aromatic nitrogens is 1. The smallest absolute Gasteiger partial charge is 0.0547 e. The predicted molar refractivity (Wildman–Crippen MR) is 203 cm³/mol. The van der Waals surface area contributed by atoms with Crippen LogP contribution in [0.15, 0.2) is 194 Å². The van der Waals surface area contributed by atoms with E-state index in [1.54, 1.807) is 0 Å². The number of benzene rings is 7. The molecular formula is C46H32N2. The van der Waals surface area contributed by atoms with Gasteiger partial charge >= 0.3 is 0 Å². The van der Waals surface area contributed by atoms with Gasteiger partial charge in [-0.1, -0.05) is 140 Å².